The van der Waals surface area contributed by atoms with Crippen LogP contribution in [0.1, 0.15) is 97.8 Å². The van der Waals surface area contributed by atoms with Crippen LogP contribution in [-0.4, -0.2) is 16.5 Å². The number of carbonyl (C=O) groups is 1. The van der Waals surface area contributed by atoms with Crippen LogP contribution in [0.5, 0.6) is 0 Å². The maximum absolute atomic E-state index is 12.3. The number of hydrogen-bond donors (Lipinski definition) is 1. The van der Waals surface area contributed by atoms with Crippen LogP contribution in [0.2, 0.25) is 0 Å². The van der Waals surface area contributed by atoms with Crippen LogP contribution in [0.25, 0.3) is 0 Å². The van der Waals surface area contributed by atoms with Crippen molar-refractivity contribution in [2.24, 2.45) is 40.4 Å². The molecule has 1 N–H and O–H groups in total. The highest BCUT2D eigenvalue weighted by atomic mass is 16.3. The average molecular weight is 410 g/mol. The number of unbranched alkanes of at least 4 members (excludes halogenated alkanes) is 2. The van der Waals surface area contributed by atoms with E-state index in [2.05, 4.69) is 31.8 Å². The Hall–Kier alpha value is -1.32. The number of rotatable bonds is 3. The van der Waals surface area contributed by atoms with Gasteiger partial charge >= 0.3 is 0 Å². The van der Waals surface area contributed by atoms with Crippen LogP contribution < -0.4 is 0 Å². The first-order chi connectivity index (χ1) is 14.2. The molecule has 3 nitrogen and oxygen atoms in total. The van der Waals surface area contributed by atoms with Crippen LogP contribution in [0.15, 0.2) is 0 Å². The smallest absolute Gasteiger partial charge is 0.133 e. The molecule has 0 unspecified atom stereocenters. The number of carbonyl (C=O) groups excluding carboxylic acids is 1. The van der Waals surface area contributed by atoms with Gasteiger partial charge in [0.25, 0.3) is 0 Å². The van der Waals surface area contributed by atoms with E-state index in [1.165, 1.54) is 32.1 Å². The van der Waals surface area contributed by atoms with Gasteiger partial charge in [0.15, 0.2) is 0 Å². The predicted octanol–water partition coefficient (Wildman–Crippen LogP) is 5.66. The zero-order chi connectivity index (χ0) is 21.6. The third kappa shape index (κ3) is 3.52. The summed E-state index contributed by atoms with van der Waals surface area (Å²) in [5.74, 6) is 9.83. The van der Waals surface area contributed by atoms with Crippen molar-refractivity contribution in [3.63, 3.8) is 0 Å². The Labute approximate surface area is 183 Å². The van der Waals surface area contributed by atoms with Gasteiger partial charge in [0.2, 0.25) is 0 Å². The third-order valence-corrected chi connectivity index (χ3v) is 10.1. The molecule has 4 rings (SSSR count). The lowest BCUT2D eigenvalue weighted by molar-refractivity contribution is -0.144. The Morgan fingerprint density at radius 1 is 1.00 bits per heavy atom. The highest BCUT2D eigenvalue weighted by molar-refractivity contribution is 5.79. The molecule has 0 heterocycles. The first kappa shape index (κ1) is 21.9. The van der Waals surface area contributed by atoms with E-state index in [0.717, 1.165) is 43.9 Å². The van der Waals surface area contributed by atoms with Crippen molar-refractivity contribution < 1.29 is 9.90 Å². The standard InChI is InChI=1S/C27H39NO2/c1-19(29)22-10-11-23-21-9-8-20-18-27(30,13-6-4-5-7-17-28)16-15-25(20,2)24(21)12-14-26(22,23)3/h20-24,30H,4-5,7-12,14-16,18H2,1-3H3/t20-,21+,22-,23+,24+,25+,26-,27+/m1/s1. The largest absolute Gasteiger partial charge is 0.378 e. The summed E-state index contributed by atoms with van der Waals surface area (Å²) in [5.41, 5.74) is -0.298. The van der Waals surface area contributed by atoms with Crippen molar-refractivity contribution >= 4 is 5.78 Å². The van der Waals surface area contributed by atoms with E-state index in [4.69, 9.17) is 5.26 Å². The van der Waals surface area contributed by atoms with Crippen molar-refractivity contribution in [2.75, 3.05) is 0 Å². The lowest BCUT2D eigenvalue weighted by Gasteiger charge is -2.61. The second-order valence-corrected chi connectivity index (χ2v) is 11.5. The SMILES string of the molecule is CC(=O)[C@H]1CC[C@H]2[C@@H]3CC[C@@H]4C[C@](O)(C#CCCCC#N)CC[C@]4(C)[C@H]3CC[C@]12C. The zero-order valence-electron chi connectivity index (χ0n) is 19.2. The molecule has 0 aliphatic heterocycles. The molecular weight excluding hydrogens is 370 g/mol. The van der Waals surface area contributed by atoms with Crippen LogP contribution in [-0.2, 0) is 4.79 Å². The molecule has 0 amide bonds. The number of Topliss-reactive ketones (excluding diaryl/α,β-unsaturated/α-hetero) is 1. The van der Waals surface area contributed by atoms with Crippen molar-refractivity contribution in [3.8, 4) is 17.9 Å². The third-order valence-electron chi connectivity index (χ3n) is 10.1. The molecule has 164 valence electrons. The van der Waals surface area contributed by atoms with E-state index in [1.54, 1.807) is 0 Å². The van der Waals surface area contributed by atoms with Crippen molar-refractivity contribution in [1.82, 2.24) is 0 Å². The van der Waals surface area contributed by atoms with E-state index in [9.17, 15) is 9.90 Å². The van der Waals surface area contributed by atoms with Gasteiger partial charge in [0.05, 0.1) is 6.07 Å². The summed E-state index contributed by atoms with van der Waals surface area (Å²) in [4.78, 5) is 12.3. The predicted molar refractivity (Wildman–Crippen MR) is 118 cm³/mol. The Morgan fingerprint density at radius 2 is 1.77 bits per heavy atom. The van der Waals surface area contributed by atoms with E-state index in [0.29, 0.717) is 35.9 Å². The van der Waals surface area contributed by atoms with Gasteiger partial charge in [-0.1, -0.05) is 19.8 Å². The summed E-state index contributed by atoms with van der Waals surface area (Å²) in [5, 5.41) is 19.9. The molecule has 0 aromatic rings. The Balaban J connectivity index is 1.48. The normalized spacial score (nSPS) is 47.1. The molecule has 4 aliphatic rings. The minimum Gasteiger partial charge on any atom is -0.378 e. The maximum Gasteiger partial charge on any atom is 0.133 e. The Kier molecular flexibility index (Phi) is 5.83. The van der Waals surface area contributed by atoms with Gasteiger partial charge in [-0.3, -0.25) is 4.79 Å². The van der Waals surface area contributed by atoms with Crippen LogP contribution in [0, 0.1) is 63.6 Å². The zero-order valence-corrected chi connectivity index (χ0v) is 19.2. The topological polar surface area (TPSA) is 61.1 Å². The molecular formula is C27H39NO2. The molecule has 4 saturated carbocycles. The first-order valence-corrected chi connectivity index (χ1v) is 12.3. The van der Waals surface area contributed by atoms with Crippen molar-refractivity contribution in [3.05, 3.63) is 0 Å². The maximum atomic E-state index is 12.3. The minimum absolute atomic E-state index is 0.223. The van der Waals surface area contributed by atoms with Gasteiger partial charge in [-0.25, -0.2) is 0 Å². The number of fused-ring (bicyclic) bond motifs is 5. The van der Waals surface area contributed by atoms with Gasteiger partial charge in [-0.2, -0.15) is 5.26 Å². The van der Waals surface area contributed by atoms with Crippen LogP contribution >= 0.6 is 0 Å². The van der Waals surface area contributed by atoms with Gasteiger partial charge in [0, 0.05) is 18.8 Å². The fourth-order valence-electron chi connectivity index (χ4n) is 8.51. The lowest BCUT2D eigenvalue weighted by Crippen LogP contribution is -2.56. The molecule has 30 heavy (non-hydrogen) atoms. The summed E-state index contributed by atoms with van der Waals surface area (Å²) in [6.07, 6.45) is 12.0. The van der Waals surface area contributed by atoms with E-state index in [-0.39, 0.29) is 11.3 Å². The van der Waals surface area contributed by atoms with E-state index in [1.807, 2.05) is 6.92 Å². The number of nitriles is 1. The lowest BCUT2D eigenvalue weighted by atomic mass is 9.44. The Bertz CT molecular complexity index is 787. The Morgan fingerprint density at radius 3 is 2.50 bits per heavy atom. The van der Waals surface area contributed by atoms with Crippen molar-refractivity contribution in [2.45, 2.75) is 103 Å². The molecule has 4 fully saturated rings. The summed E-state index contributed by atoms with van der Waals surface area (Å²) in [6, 6.07) is 2.16. The number of aliphatic hydroxyl groups is 1. The fraction of sp³-hybridized carbons (Fsp3) is 0.852. The monoisotopic (exact) mass is 409 g/mol. The second-order valence-electron chi connectivity index (χ2n) is 11.5. The molecule has 4 aliphatic carbocycles. The van der Waals surface area contributed by atoms with Gasteiger partial charge < -0.3 is 5.11 Å². The summed E-state index contributed by atoms with van der Waals surface area (Å²) < 4.78 is 0. The molecule has 0 radical (unpaired) electrons. The molecule has 0 saturated heterocycles. The fourth-order valence-corrected chi connectivity index (χ4v) is 8.51. The first-order valence-electron chi connectivity index (χ1n) is 12.3. The van der Waals surface area contributed by atoms with Gasteiger partial charge in [-0.05, 0) is 106 Å². The van der Waals surface area contributed by atoms with E-state index < -0.39 is 5.60 Å². The average Bonchev–Trinajstić information content (AvgIpc) is 3.06. The molecule has 0 spiro atoms. The number of nitrogens with zero attached hydrogens (tertiary/aromatic N) is 1. The number of hydrogen-bond acceptors (Lipinski definition) is 3. The molecule has 0 bridgehead atoms. The van der Waals surface area contributed by atoms with Crippen LogP contribution in [0.3, 0.4) is 0 Å². The van der Waals surface area contributed by atoms with Gasteiger partial charge in [0.1, 0.15) is 11.4 Å². The summed E-state index contributed by atoms with van der Waals surface area (Å²) in [7, 11) is 0. The molecule has 0 aromatic carbocycles. The van der Waals surface area contributed by atoms with Crippen molar-refractivity contribution in [1.29, 1.82) is 5.26 Å². The molecule has 0 aromatic heterocycles. The highest BCUT2D eigenvalue weighted by Gasteiger charge is 2.61. The molecule has 3 heteroatoms. The van der Waals surface area contributed by atoms with E-state index >= 15 is 0 Å². The second kappa shape index (κ2) is 7.98. The minimum atomic E-state index is -0.833. The summed E-state index contributed by atoms with van der Waals surface area (Å²) in [6.45, 7) is 6.74. The summed E-state index contributed by atoms with van der Waals surface area (Å²) >= 11 is 0. The number of ketones is 1. The van der Waals surface area contributed by atoms with Crippen LogP contribution in [0.4, 0.5) is 0 Å². The highest BCUT2D eigenvalue weighted by Crippen LogP contribution is 2.68. The molecule has 8 atom stereocenters. The quantitative estimate of drug-likeness (QED) is 0.483. The van der Waals surface area contributed by atoms with Gasteiger partial charge in [-0.15, -0.1) is 5.92 Å².